The zero-order valence-corrected chi connectivity index (χ0v) is 10.4. The lowest BCUT2D eigenvalue weighted by atomic mass is 10.0. The zero-order valence-electron chi connectivity index (χ0n) is 10.4. The summed E-state index contributed by atoms with van der Waals surface area (Å²) in [6.07, 6.45) is 0.319. The van der Waals surface area contributed by atoms with E-state index in [1.807, 2.05) is 13.0 Å². The molecule has 3 N–H and O–H groups in total. The zero-order chi connectivity index (χ0) is 12.6. The minimum Gasteiger partial charge on any atom is -0.478 e. The van der Waals surface area contributed by atoms with Crippen molar-refractivity contribution in [2.45, 2.75) is 33.3 Å². The Balaban J connectivity index is 2.31. The van der Waals surface area contributed by atoms with E-state index >= 15 is 0 Å². The van der Waals surface area contributed by atoms with Crippen molar-refractivity contribution in [2.24, 2.45) is 5.92 Å². The van der Waals surface area contributed by atoms with Crippen LogP contribution in [0.4, 0.5) is 11.4 Å². The summed E-state index contributed by atoms with van der Waals surface area (Å²) in [7, 11) is 0. The first kappa shape index (κ1) is 11.8. The molecule has 17 heavy (non-hydrogen) atoms. The van der Waals surface area contributed by atoms with Gasteiger partial charge < -0.3 is 15.8 Å². The van der Waals surface area contributed by atoms with Gasteiger partial charge in [0.05, 0.1) is 5.69 Å². The van der Waals surface area contributed by atoms with Gasteiger partial charge in [-0.25, -0.2) is 0 Å². The highest BCUT2D eigenvalue weighted by atomic mass is 16.5. The molecule has 1 atom stereocenters. The number of ether oxygens (including phenoxy) is 1. The predicted octanol–water partition coefficient (Wildman–Crippen LogP) is 2.32. The Labute approximate surface area is 101 Å². The van der Waals surface area contributed by atoms with E-state index in [1.54, 1.807) is 6.07 Å². The Morgan fingerprint density at radius 1 is 1.47 bits per heavy atom. The maximum atomic E-state index is 11.8. The van der Waals surface area contributed by atoms with Crippen LogP contribution in [0.3, 0.4) is 0 Å². The van der Waals surface area contributed by atoms with Gasteiger partial charge in [-0.1, -0.05) is 13.8 Å². The molecular formula is C13H18N2O2. The molecule has 0 saturated carbocycles. The topological polar surface area (TPSA) is 64.3 Å². The Morgan fingerprint density at radius 2 is 2.18 bits per heavy atom. The number of rotatable bonds is 2. The molecule has 1 aromatic rings. The van der Waals surface area contributed by atoms with E-state index in [0.29, 0.717) is 17.3 Å². The van der Waals surface area contributed by atoms with E-state index in [-0.39, 0.29) is 5.91 Å². The first-order valence-electron chi connectivity index (χ1n) is 5.85. The van der Waals surface area contributed by atoms with Gasteiger partial charge in [-0.3, -0.25) is 4.79 Å². The Morgan fingerprint density at radius 3 is 2.82 bits per heavy atom. The summed E-state index contributed by atoms with van der Waals surface area (Å²) < 4.78 is 5.77. The Hall–Kier alpha value is -1.71. The maximum Gasteiger partial charge on any atom is 0.265 e. The maximum absolute atomic E-state index is 11.8. The molecule has 1 aromatic carbocycles. The van der Waals surface area contributed by atoms with Crippen LogP contribution in [0, 0.1) is 12.8 Å². The average Bonchev–Trinajstić information content (AvgIpc) is 2.19. The highest BCUT2D eigenvalue weighted by Gasteiger charge is 2.29. The van der Waals surface area contributed by atoms with E-state index in [0.717, 1.165) is 17.7 Å². The lowest BCUT2D eigenvalue weighted by molar-refractivity contribution is -0.124. The number of carbonyl (C=O) groups is 1. The number of aryl methyl sites for hydroxylation is 1. The van der Waals surface area contributed by atoms with Crippen molar-refractivity contribution in [3.8, 4) is 5.75 Å². The second-order valence-electron chi connectivity index (χ2n) is 4.94. The van der Waals surface area contributed by atoms with Crippen molar-refractivity contribution in [3.05, 3.63) is 17.7 Å². The van der Waals surface area contributed by atoms with E-state index in [1.165, 1.54) is 0 Å². The molecule has 0 spiro atoms. The number of nitrogen functional groups attached to an aromatic ring is 1. The second-order valence-corrected chi connectivity index (χ2v) is 4.94. The van der Waals surface area contributed by atoms with Crippen LogP contribution in [-0.2, 0) is 4.79 Å². The van der Waals surface area contributed by atoms with Crippen LogP contribution in [-0.4, -0.2) is 12.0 Å². The van der Waals surface area contributed by atoms with E-state index in [9.17, 15) is 4.79 Å². The summed E-state index contributed by atoms with van der Waals surface area (Å²) in [6.45, 7) is 6.07. The first-order valence-corrected chi connectivity index (χ1v) is 5.85. The first-order chi connectivity index (χ1) is 7.97. The van der Waals surface area contributed by atoms with Gasteiger partial charge in [-0.15, -0.1) is 0 Å². The monoisotopic (exact) mass is 234 g/mol. The van der Waals surface area contributed by atoms with Crippen molar-refractivity contribution in [1.82, 2.24) is 0 Å². The highest BCUT2D eigenvalue weighted by molar-refractivity contribution is 5.98. The third-order valence-electron chi connectivity index (χ3n) is 2.79. The molecular weight excluding hydrogens is 216 g/mol. The number of anilines is 2. The van der Waals surface area contributed by atoms with Gasteiger partial charge in [0.25, 0.3) is 5.91 Å². The summed E-state index contributed by atoms with van der Waals surface area (Å²) in [5, 5.41) is 2.85. The molecule has 1 aliphatic rings. The fourth-order valence-electron chi connectivity index (χ4n) is 2.04. The number of hydrogen-bond donors (Lipinski definition) is 2. The van der Waals surface area contributed by atoms with Crippen molar-refractivity contribution in [3.63, 3.8) is 0 Å². The number of carbonyl (C=O) groups excluding carboxylic acids is 1. The standard InChI is InChI=1S/C13H18N2O2/c1-7(2)4-11-13(16)15-10-6-9(14)5-8(3)12(10)17-11/h5-7,11H,4,14H2,1-3H3,(H,15,16). The molecule has 4 heteroatoms. The average molecular weight is 234 g/mol. The van der Waals surface area contributed by atoms with Crippen LogP contribution < -0.4 is 15.8 Å². The summed E-state index contributed by atoms with van der Waals surface area (Å²) in [5.41, 5.74) is 7.99. The summed E-state index contributed by atoms with van der Waals surface area (Å²) >= 11 is 0. The van der Waals surface area contributed by atoms with Crippen LogP contribution in [0.1, 0.15) is 25.8 Å². The molecule has 1 amide bonds. The van der Waals surface area contributed by atoms with Gasteiger partial charge in [0.15, 0.2) is 6.10 Å². The third kappa shape index (κ3) is 2.35. The fourth-order valence-corrected chi connectivity index (χ4v) is 2.04. The molecule has 2 rings (SSSR count). The molecule has 4 nitrogen and oxygen atoms in total. The number of amides is 1. The smallest absolute Gasteiger partial charge is 0.265 e. The fraction of sp³-hybridized carbons (Fsp3) is 0.462. The lowest BCUT2D eigenvalue weighted by Crippen LogP contribution is -2.38. The van der Waals surface area contributed by atoms with Crippen LogP contribution in [0.15, 0.2) is 12.1 Å². The van der Waals surface area contributed by atoms with Crippen molar-refractivity contribution < 1.29 is 9.53 Å². The van der Waals surface area contributed by atoms with Gasteiger partial charge in [-0.05, 0) is 37.0 Å². The molecule has 1 heterocycles. The van der Waals surface area contributed by atoms with Gasteiger partial charge in [0, 0.05) is 5.69 Å². The summed E-state index contributed by atoms with van der Waals surface area (Å²) in [4.78, 5) is 11.8. The molecule has 0 saturated heterocycles. The largest absolute Gasteiger partial charge is 0.478 e. The summed E-state index contributed by atoms with van der Waals surface area (Å²) in [5.74, 6) is 1.07. The van der Waals surface area contributed by atoms with Crippen LogP contribution in [0.25, 0.3) is 0 Å². The van der Waals surface area contributed by atoms with E-state index < -0.39 is 6.10 Å². The number of fused-ring (bicyclic) bond motifs is 1. The molecule has 0 aliphatic carbocycles. The minimum absolute atomic E-state index is 0.0869. The second kappa shape index (κ2) is 4.28. The van der Waals surface area contributed by atoms with Crippen LogP contribution in [0.5, 0.6) is 5.75 Å². The minimum atomic E-state index is -0.398. The molecule has 1 unspecified atom stereocenters. The molecule has 0 radical (unpaired) electrons. The van der Waals surface area contributed by atoms with Gasteiger partial charge >= 0.3 is 0 Å². The van der Waals surface area contributed by atoms with Crippen molar-refractivity contribution in [2.75, 3.05) is 11.1 Å². The normalized spacial score (nSPS) is 18.6. The third-order valence-corrected chi connectivity index (χ3v) is 2.79. The molecule has 0 bridgehead atoms. The van der Waals surface area contributed by atoms with Crippen molar-refractivity contribution >= 4 is 17.3 Å². The van der Waals surface area contributed by atoms with Crippen LogP contribution in [0.2, 0.25) is 0 Å². The Kier molecular flexibility index (Phi) is 2.96. The SMILES string of the molecule is Cc1cc(N)cc2c1OC(CC(C)C)C(=O)N2. The molecule has 0 fully saturated rings. The molecule has 1 aliphatic heterocycles. The number of benzene rings is 1. The number of nitrogens with one attached hydrogen (secondary N) is 1. The highest BCUT2D eigenvalue weighted by Crippen LogP contribution is 2.36. The van der Waals surface area contributed by atoms with Gasteiger partial charge in [-0.2, -0.15) is 0 Å². The van der Waals surface area contributed by atoms with Crippen LogP contribution >= 0.6 is 0 Å². The Bertz CT molecular complexity index is 455. The summed E-state index contributed by atoms with van der Waals surface area (Å²) in [6, 6.07) is 3.58. The van der Waals surface area contributed by atoms with Gasteiger partial charge in [0.2, 0.25) is 0 Å². The van der Waals surface area contributed by atoms with E-state index in [2.05, 4.69) is 19.2 Å². The van der Waals surface area contributed by atoms with Crippen molar-refractivity contribution in [1.29, 1.82) is 0 Å². The molecule has 0 aromatic heterocycles. The molecule has 92 valence electrons. The quantitative estimate of drug-likeness (QED) is 0.772. The lowest BCUT2D eigenvalue weighted by Gasteiger charge is -2.28. The van der Waals surface area contributed by atoms with Gasteiger partial charge in [0.1, 0.15) is 5.75 Å². The number of hydrogen-bond acceptors (Lipinski definition) is 3. The van der Waals surface area contributed by atoms with E-state index in [4.69, 9.17) is 10.5 Å². The number of nitrogens with two attached hydrogens (primary N) is 1. The predicted molar refractivity (Wildman–Crippen MR) is 68.1 cm³/mol.